The molecule has 2 heterocycles. The molecular formula is C26H38N6O5. The first kappa shape index (κ1) is 25.6. The van der Waals surface area contributed by atoms with Crippen LogP contribution in [0.5, 0.6) is 0 Å². The molecule has 1 saturated heterocycles. The third-order valence-corrected chi connectivity index (χ3v) is 8.29. The van der Waals surface area contributed by atoms with E-state index in [1.807, 2.05) is 19.9 Å². The molecule has 1 aliphatic heterocycles. The Balaban J connectivity index is 1.37. The third-order valence-electron chi connectivity index (χ3n) is 8.29. The molecule has 2 unspecified atom stereocenters. The number of hydrogen-bond acceptors (Lipinski definition) is 7. The van der Waals surface area contributed by atoms with E-state index in [2.05, 4.69) is 20.6 Å². The maximum Gasteiger partial charge on any atom is 0.405 e. The topological polar surface area (TPSA) is 141 Å². The van der Waals surface area contributed by atoms with Gasteiger partial charge in [0.1, 0.15) is 17.0 Å². The number of carbonyl (C=O) groups is 3. The zero-order valence-corrected chi connectivity index (χ0v) is 21.9. The average Bonchev–Trinajstić information content (AvgIpc) is 3.23. The van der Waals surface area contributed by atoms with Gasteiger partial charge in [-0.05, 0) is 69.8 Å². The van der Waals surface area contributed by atoms with Gasteiger partial charge in [0.15, 0.2) is 0 Å². The highest BCUT2D eigenvalue weighted by atomic mass is 16.6. The van der Waals surface area contributed by atoms with E-state index in [0.717, 1.165) is 32.1 Å². The normalized spacial score (nSPS) is 30.9. The zero-order chi connectivity index (χ0) is 26.4. The highest BCUT2D eigenvalue weighted by molar-refractivity contribution is 5.99. The summed E-state index contributed by atoms with van der Waals surface area (Å²) in [6.45, 7) is 7.73. The maximum absolute atomic E-state index is 13.7. The Morgan fingerprint density at radius 2 is 1.86 bits per heavy atom. The summed E-state index contributed by atoms with van der Waals surface area (Å²) < 4.78 is 12.9. The lowest BCUT2D eigenvalue weighted by atomic mass is 9.52. The lowest BCUT2D eigenvalue weighted by Gasteiger charge is -2.58. The number of morpholine rings is 1. The lowest BCUT2D eigenvalue weighted by Crippen LogP contribution is -2.63. The van der Waals surface area contributed by atoms with Crippen molar-refractivity contribution in [2.75, 3.05) is 31.2 Å². The minimum Gasteiger partial charge on any atom is -0.443 e. The number of nitrogens with two attached hydrogens (primary N) is 1. The summed E-state index contributed by atoms with van der Waals surface area (Å²) in [4.78, 5) is 39.0. The molecule has 5 aliphatic rings. The summed E-state index contributed by atoms with van der Waals surface area (Å²) in [7, 11) is 0. The molecule has 2 atom stereocenters. The molecule has 1 aromatic heterocycles. The number of nitrogens with zero attached hydrogens (tertiary/aromatic N) is 3. The predicted octanol–water partition coefficient (Wildman–Crippen LogP) is 1.88. The van der Waals surface area contributed by atoms with Crippen LogP contribution in [0.2, 0.25) is 0 Å². The third kappa shape index (κ3) is 5.32. The summed E-state index contributed by atoms with van der Waals surface area (Å²) in [5, 5.41) is 10.8. The Kier molecular flexibility index (Phi) is 6.68. The molecular weight excluding hydrogens is 476 g/mol. The van der Waals surface area contributed by atoms with Gasteiger partial charge in [0, 0.05) is 32.3 Å². The number of anilines is 1. The van der Waals surface area contributed by atoms with Crippen molar-refractivity contribution < 1.29 is 23.9 Å². The number of ether oxygens (including phenoxy) is 2. The molecule has 3 amide bonds. The molecule has 202 valence electrons. The van der Waals surface area contributed by atoms with Crippen molar-refractivity contribution in [3.63, 3.8) is 0 Å². The van der Waals surface area contributed by atoms with Gasteiger partial charge in [0.2, 0.25) is 5.91 Å². The predicted molar refractivity (Wildman–Crippen MR) is 137 cm³/mol. The van der Waals surface area contributed by atoms with Crippen LogP contribution < -0.4 is 21.3 Å². The van der Waals surface area contributed by atoms with Crippen LogP contribution in [0.4, 0.5) is 10.6 Å². The molecule has 4 aliphatic carbocycles. The molecule has 1 aromatic rings. The largest absolute Gasteiger partial charge is 0.443 e. The number of amides is 3. The molecule has 5 fully saturated rings. The summed E-state index contributed by atoms with van der Waals surface area (Å²) >= 11 is 0. The number of primary amides is 1. The van der Waals surface area contributed by atoms with Crippen LogP contribution in [0.3, 0.4) is 0 Å². The molecule has 4 saturated carbocycles. The quantitative estimate of drug-likeness (QED) is 0.504. The van der Waals surface area contributed by atoms with Crippen molar-refractivity contribution >= 4 is 29.9 Å². The maximum atomic E-state index is 13.7. The molecule has 4 N–H and O–H groups in total. The number of nitrogens with one attached hydrogen (secondary N) is 2. The zero-order valence-electron chi connectivity index (χ0n) is 21.9. The van der Waals surface area contributed by atoms with E-state index in [4.69, 9.17) is 15.2 Å². The van der Waals surface area contributed by atoms with E-state index in [1.165, 1.54) is 6.92 Å². The highest BCUT2D eigenvalue weighted by Gasteiger charge is 2.57. The summed E-state index contributed by atoms with van der Waals surface area (Å²) in [5.74, 6) is 1.47. The minimum absolute atomic E-state index is 0.0313. The first-order valence-corrected chi connectivity index (χ1v) is 13.2. The smallest absolute Gasteiger partial charge is 0.405 e. The highest BCUT2D eigenvalue weighted by Crippen LogP contribution is 2.57. The second-order valence-electron chi connectivity index (χ2n) is 11.7. The number of aromatic nitrogens is 2. The van der Waals surface area contributed by atoms with Gasteiger partial charge in [-0.15, -0.1) is 0 Å². The Labute approximate surface area is 217 Å². The Hall–Kier alpha value is -3.08. The summed E-state index contributed by atoms with van der Waals surface area (Å²) in [6.07, 6.45) is 8.98. The fraction of sp³-hybridized carbons (Fsp3) is 0.692. The van der Waals surface area contributed by atoms with Crippen LogP contribution in [0, 0.1) is 17.8 Å². The van der Waals surface area contributed by atoms with Gasteiger partial charge in [-0.2, -0.15) is 5.10 Å². The van der Waals surface area contributed by atoms with E-state index in [-0.39, 0.29) is 29.7 Å². The van der Waals surface area contributed by atoms with E-state index in [0.29, 0.717) is 43.6 Å². The van der Waals surface area contributed by atoms with Gasteiger partial charge in [0.05, 0.1) is 24.9 Å². The monoisotopic (exact) mass is 514 g/mol. The van der Waals surface area contributed by atoms with Gasteiger partial charge in [-0.1, -0.05) is 0 Å². The summed E-state index contributed by atoms with van der Waals surface area (Å²) in [6, 6.07) is 0.0313. The van der Waals surface area contributed by atoms with E-state index >= 15 is 0 Å². The van der Waals surface area contributed by atoms with Crippen LogP contribution in [0.1, 0.15) is 63.2 Å². The molecule has 0 aromatic carbocycles. The van der Waals surface area contributed by atoms with Gasteiger partial charge >= 0.3 is 6.09 Å². The summed E-state index contributed by atoms with van der Waals surface area (Å²) in [5.41, 5.74) is 4.85. The first-order valence-electron chi connectivity index (χ1n) is 13.2. The van der Waals surface area contributed by atoms with Crippen LogP contribution in [-0.2, 0) is 14.3 Å². The van der Waals surface area contributed by atoms with Crippen molar-refractivity contribution in [1.29, 1.82) is 0 Å². The van der Waals surface area contributed by atoms with Crippen molar-refractivity contribution in [3.05, 3.63) is 17.8 Å². The number of carbonyl (C=O) groups excluding carboxylic acids is 3. The van der Waals surface area contributed by atoms with Crippen LogP contribution >= 0.6 is 0 Å². The van der Waals surface area contributed by atoms with Gasteiger partial charge in [-0.25, -0.2) is 9.48 Å². The van der Waals surface area contributed by atoms with Gasteiger partial charge in [-0.3, -0.25) is 9.59 Å². The second kappa shape index (κ2) is 9.66. The molecule has 37 heavy (non-hydrogen) atoms. The SMILES string of the molecule is CC(=O)NC(C)(C)C=Cn1ncc(C(=O)NC2C3CC4CC2CC(OC(N)=O)(C4)C3)c1N1CCOCC1. The molecule has 6 rings (SSSR count). The Morgan fingerprint density at radius 3 is 2.49 bits per heavy atom. The Morgan fingerprint density at radius 1 is 1.19 bits per heavy atom. The fourth-order valence-electron chi connectivity index (χ4n) is 7.22. The van der Waals surface area contributed by atoms with E-state index < -0.39 is 17.2 Å². The van der Waals surface area contributed by atoms with E-state index in [1.54, 1.807) is 17.1 Å². The molecule has 11 heteroatoms. The molecule has 4 bridgehead atoms. The molecule has 11 nitrogen and oxygen atoms in total. The lowest BCUT2D eigenvalue weighted by molar-refractivity contribution is -0.137. The average molecular weight is 515 g/mol. The van der Waals surface area contributed by atoms with Crippen molar-refractivity contribution in [1.82, 2.24) is 20.4 Å². The molecule has 0 spiro atoms. The van der Waals surface area contributed by atoms with Crippen LogP contribution in [0.15, 0.2) is 12.3 Å². The van der Waals surface area contributed by atoms with Gasteiger partial charge in [0.25, 0.3) is 5.91 Å². The van der Waals surface area contributed by atoms with Crippen molar-refractivity contribution in [2.45, 2.75) is 70.1 Å². The number of rotatable bonds is 7. The van der Waals surface area contributed by atoms with Crippen molar-refractivity contribution in [3.8, 4) is 0 Å². The van der Waals surface area contributed by atoms with Crippen molar-refractivity contribution in [2.24, 2.45) is 23.5 Å². The van der Waals surface area contributed by atoms with Crippen LogP contribution in [-0.4, -0.2) is 71.2 Å². The Bertz CT molecular complexity index is 1080. The minimum atomic E-state index is -0.708. The van der Waals surface area contributed by atoms with E-state index in [9.17, 15) is 14.4 Å². The molecule has 0 radical (unpaired) electrons. The number of hydrogen-bond donors (Lipinski definition) is 3. The van der Waals surface area contributed by atoms with Gasteiger partial charge < -0.3 is 30.7 Å². The second-order valence-corrected chi connectivity index (χ2v) is 11.7. The fourth-order valence-corrected chi connectivity index (χ4v) is 7.22. The first-order chi connectivity index (χ1) is 17.5. The van der Waals surface area contributed by atoms with Crippen LogP contribution in [0.25, 0.3) is 6.20 Å². The standard InChI is InChI=1S/C26H38N6O5/c1-16(33)30-25(2,3)4-5-32-23(31-6-8-36-9-7-31)20(15-28-32)22(34)29-21-18-10-17-11-19(21)14-26(12-17,13-18)37-24(27)35/h4-5,15,17-19,21H,6-14H2,1-3H3,(H2,27,35)(H,29,34)(H,30,33).